The van der Waals surface area contributed by atoms with E-state index in [2.05, 4.69) is 10.6 Å². The van der Waals surface area contributed by atoms with Gasteiger partial charge in [0.25, 0.3) is 0 Å². The Balaban J connectivity index is 1.91. The summed E-state index contributed by atoms with van der Waals surface area (Å²) in [4.78, 5) is 63.6. The average molecular weight is 336 g/mol. The van der Waals surface area contributed by atoms with E-state index in [9.17, 15) is 29.1 Å². The third-order valence-electron chi connectivity index (χ3n) is 6.32. The van der Waals surface area contributed by atoms with E-state index in [-0.39, 0.29) is 13.1 Å². The lowest BCUT2D eigenvalue weighted by Gasteiger charge is -2.70. The summed E-state index contributed by atoms with van der Waals surface area (Å²) in [6.07, 6.45) is 0. The molecule has 0 radical (unpaired) electrons. The van der Waals surface area contributed by atoms with Gasteiger partial charge in [-0.1, -0.05) is 0 Å². The normalized spacial score (nSPS) is 43.3. The van der Waals surface area contributed by atoms with Crippen LogP contribution < -0.4 is 10.6 Å². The van der Waals surface area contributed by atoms with Gasteiger partial charge in [0.15, 0.2) is 0 Å². The Kier molecular flexibility index (Phi) is 2.52. The second-order valence-corrected chi connectivity index (χ2v) is 7.15. The van der Waals surface area contributed by atoms with Crippen LogP contribution in [0.2, 0.25) is 0 Å². The summed E-state index contributed by atoms with van der Waals surface area (Å²) in [6, 6.07) is -2.81. The minimum absolute atomic E-state index is 0.126. The molecule has 3 saturated heterocycles. The van der Waals surface area contributed by atoms with Crippen LogP contribution >= 0.6 is 0 Å². The van der Waals surface area contributed by atoms with Gasteiger partial charge < -0.3 is 14.9 Å². The third kappa shape index (κ3) is 1.32. The maximum absolute atomic E-state index is 12.5. The quantitative estimate of drug-likeness (QED) is 0.537. The molecule has 4 fully saturated rings. The number of imide groups is 2. The monoisotopic (exact) mass is 336 g/mol. The Morgan fingerprint density at radius 3 is 1.67 bits per heavy atom. The van der Waals surface area contributed by atoms with Gasteiger partial charge in [-0.15, -0.1) is 0 Å². The molecule has 1 saturated carbocycles. The van der Waals surface area contributed by atoms with E-state index in [1.807, 2.05) is 0 Å². The zero-order chi connectivity index (χ0) is 17.6. The van der Waals surface area contributed by atoms with Crippen molar-refractivity contribution in [2.24, 2.45) is 16.7 Å². The number of carbonyl (C=O) groups excluding carboxylic acids is 4. The van der Waals surface area contributed by atoms with Gasteiger partial charge in [0.05, 0.1) is 28.8 Å². The van der Waals surface area contributed by atoms with Crippen LogP contribution in [0.4, 0.5) is 9.59 Å². The van der Waals surface area contributed by atoms with Crippen molar-refractivity contribution in [1.29, 1.82) is 0 Å². The van der Waals surface area contributed by atoms with Crippen LogP contribution in [-0.4, -0.2) is 69.9 Å². The second kappa shape index (κ2) is 4.05. The van der Waals surface area contributed by atoms with Gasteiger partial charge >= 0.3 is 18.0 Å². The van der Waals surface area contributed by atoms with Crippen molar-refractivity contribution in [3.63, 3.8) is 0 Å². The molecule has 0 spiro atoms. The summed E-state index contributed by atoms with van der Waals surface area (Å²) in [5.41, 5.74) is -2.47. The number of urea groups is 2. The summed E-state index contributed by atoms with van der Waals surface area (Å²) in [5.74, 6) is -3.30. The maximum atomic E-state index is 12.5. The fourth-order valence-corrected chi connectivity index (χ4v) is 4.79. The Labute approximate surface area is 136 Å². The molecule has 3 N–H and O–H groups in total. The molecule has 10 nitrogen and oxygen atoms in total. The van der Waals surface area contributed by atoms with Crippen LogP contribution in [0.3, 0.4) is 0 Å². The van der Waals surface area contributed by atoms with Crippen LogP contribution in [0, 0.1) is 16.7 Å². The first-order valence-electron chi connectivity index (χ1n) is 7.61. The number of amides is 6. The molecule has 3 heterocycles. The van der Waals surface area contributed by atoms with Gasteiger partial charge in [-0.3, -0.25) is 25.0 Å². The molecule has 4 atom stereocenters. The number of carbonyl (C=O) groups is 5. The molecule has 0 aromatic carbocycles. The molecule has 10 heteroatoms. The summed E-state index contributed by atoms with van der Waals surface area (Å²) < 4.78 is 0. The van der Waals surface area contributed by atoms with E-state index >= 15 is 0 Å². The Bertz CT molecular complexity index is 683. The molecule has 4 aliphatic rings. The summed E-state index contributed by atoms with van der Waals surface area (Å²) >= 11 is 0. The highest BCUT2D eigenvalue weighted by Crippen LogP contribution is 2.63. The summed E-state index contributed by atoms with van der Waals surface area (Å²) in [5, 5.41) is 13.9. The number of hydrogen-bond donors (Lipinski definition) is 3. The second-order valence-electron chi connectivity index (χ2n) is 7.15. The largest absolute Gasteiger partial charge is 0.481 e. The fourth-order valence-electron chi connectivity index (χ4n) is 4.79. The first-order chi connectivity index (χ1) is 11.1. The Morgan fingerprint density at radius 2 is 1.33 bits per heavy atom. The van der Waals surface area contributed by atoms with Crippen molar-refractivity contribution in [3.05, 3.63) is 0 Å². The molecule has 1 aliphatic carbocycles. The van der Waals surface area contributed by atoms with Crippen molar-refractivity contribution >= 4 is 29.8 Å². The minimum Gasteiger partial charge on any atom is -0.481 e. The number of nitrogens with one attached hydrogen (secondary N) is 2. The topological polar surface area (TPSA) is 136 Å². The Hall–Kier alpha value is -2.65. The van der Waals surface area contributed by atoms with Gasteiger partial charge in [-0.25, -0.2) is 9.59 Å². The highest BCUT2D eigenvalue weighted by Gasteiger charge is 2.81. The van der Waals surface area contributed by atoms with Gasteiger partial charge in [0, 0.05) is 13.1 Å². The molecular formula is C14H16N4O6. The van der Waals surface area contributed by atoms with Gasteiger partial charge in [-0.2, -0.15) is 0 Å². The molecule has 3 aliphatic heterocycles. The third-order valence-corrected chi connectivity index (χ3v) is 6.32. The molecule has 0 aromatic heterocycles. The number of fused-ring (bicyclic) bond motifs is 1. The van der Waals surface area contributed by atoms with Gasteiger partial charge in [0.1, 0.15) is 0 Å². The molecular weight excluding hydrogens is 320 g/mol. The lowest BCUT2D eigenvalue weighted by atomic mass is 9.42. The van der Waals surface area contributed by atoms with E-state index in [0.717, 1.165) is 0 Å². The van der Waals surface area contributed by atoms with Crippen molar-refractivity contribution in [2.75, 3.05) is 13.1 Å². The molecule has 0 aromatic rings. The molecule has 4 rings (SSSR count). The molecule has 6 amide bonds. The highest BCUT2D eigenvalue weighted by molar-refractivity contribution is 6.11. The summed E-state index contributed by atoms with van der Waals surface area (Å²) in [6.45, 7) is 2.91. The van der Waals surface area contributed by atoms with Crippen molar-refractivity contribution in [2.45, 2.75) is 25.9 Å². The maximum Gasteiger partial charge on any atom is 0.324 e. The first kappa shape index (κ1) is 14.9. The number of nitrogens with zero attached hydrogens (tertiary/aromatic N) is 2. The van der Waals surface area contributed by atoms with E-state index in [0.29, 0.717) is 0 Å². The number of carboxylic acid groups (broad SMARTS) is 1. The minimum atomic E-state index is -1.23. The van der Waals surface area contributed by atoms with Crippen molar-refractivity contribution in [3.8, 4) is 0 Å². The first-order valence-corrected chi connectivity index (χ1v) is 7.61. The van der Waals surface area contributed by atoms with Gasteiger partial charge in [-0.05, 0) is 13.8 Å². The van der Waals surface area contributed by atoms with Crippen LogP contribution in [-0.2, 0) is 14.4 Å². The molecule has 4 unspecified atom stereocenters. The Morgan fingerprint density at radius 1 is 0.958 bits per heavy atom. The number of rotatable bonds is 1. The smallest absolute Gasteiger partial charge is 0.324 e. The molecule has 128 valence electrons. The van der Waals surface area contributed by atoms with Crippen LogP contribution in [0.1, 0.15) is 13.8 Å². The SMILES string of the molecule is CC12C(=O)NC(=O)N3CC(C(=O)O)CN4C(=O)NC(=O)C1(C)C4C32. The highest BCUT2D eigenvalue weighted by atomic mass is 16.4. The van der Waals surface area contributed by atoms with E-state index in [4.69, 9.17) is 0 Å². The summed E-state index contributed by atoms with van der Waals surface area (Å²) in [7, 11) is 0. The lowest BCUT2D eigenvalue weighted by Crippen LogP contribution is -2.90. The van der Waals surface area contributed by atoms with Crippen LogP contribution in [0.15, 0.2) is 0 Å². The van der Waals surface area contributed by atoms with Gasteiger partial charge in [0.2, 0.25) is 11.8 Å². The zero-order valence-electron chi connectivity index (χ0n) is 13.0. The van der Waals surface area contributed by atoms with Crippen LogP contribution in [0.5, 0.6) is 0 Å². The van der Waals surface area contributed by atoms with E-state index in [1.54, 1.807) is 13.8 Å². The van der Waals surface area contributed by atoms with Crippen molar-refractivity contribution < 1.29 is 29.1 Å². The standard InChI is InChI=1S/C14H16N4O6/c1-13-6-7-14(13,2)10(22)16-12(24)18(7)4-5(8(19)20)3-17(6)11(23)15-9(13)21/h5-7H,3-4H2,1-2H3,(H,19,20)(H,15,21,23)(H,16,22,24). The zero-order valence-corrected chi connectivity index (χ0v) is 13.0. The number of hydrogen-bond acceptors (Lipinski definition) is 5. The lowest BCUT2D eigenvalue weighted by molar-refractivity contribution is -0.209. The average Bonchev–Trinajstić information content (AvgIpc) is 2.68. The predicted octanol–water partition coefficient (Wildman–Crippen LogP) is -1.43. The predicted molar refractivity (Wildman–Crippen MR) is 75.4 cm³/mol. The molecule has 0 bridgehead atoms. The number of carboxylic acids is 1. The van der Waals surface area contributed by atoms with Crippen molar-refractivity contribution in [1.82, 2.24) is 20.4 Å². The number of aliphatic carboxylic acids is 1. The fraction of sp³-hybridized carbons (Fsp3) is 0.643. The van der Waals surface area contributed by atoms with E-state index in [1.165, 1.54) is 9.80 Å². The van der Waals surface area contributed by atoms with Crippen LogP contribution in [0.25, 0.3) is 0 Å². The van der Waals surface area contributed by atoms with E-state index < -0.39 is 58.7 Å². The molecule has 24 heavy (non-hydrogen) atoms.